The third kappa shape index (κ3) is 4.63. The fourth-order valence-electron chi connectivity index (χ4n) is 4.44. The van der Waals surface area contributed by atoms with Gasteiger partial charge in [-0.25, -0.2) is 4.68 Å². The minimum Gasteiger partial charge on any atom is -0.493 e. The summed E-state index contributed by atoms with van der Waals surface area (Å²) in [5, 5.41) is 11.1. The number of carbonyl (C=O) groups is 1. The highest BCUT2D eigenvalue weighted by molar-refractivity contribution is 6.06. The number of methoxy groups -OCH3 is 2. The topological polar surface area (TPSA) is 106 Å². The normalized spacial score (nSPS) is 14.4. The number of carbonyl (C=O) groups excluding carboxylic acids is 1. The van der Waals surface area contributed by atoms with Crippen molar-refractivity contribution < 1.29 is 14.3 Å². The van der Waals surface area contributed by atoms with Crippen LogP contribution in [-0.4, -0.2) is 54.0 Å². The van der Waals surface area contributed by atoms with E-state index in [2.05, 4.69) is 15.6 Å². The predicted octanol–water partition coefficient (Wildman–Crippen LogP) is 4.35. The van der Waals surface area contributed by atoms with Crippen molar-refractivity contribution in [3.05, 3.63) is 83.8 Å². The van der Waals surface area contributed by atoms with Gasteiger partial charge in [-0.15, -0.1) is 5.10 Å². The zero-order valence-corrected chi connectivity index (χ0v) is 21.9. The summed E-state index contributed by atoms with van der Waals surface area (Å²) in [6, 6.07) is 16.6. The summed E-state index contributed by atoms with van der Waals surface area (Å²) in [4.78, 5) is 24.6. The number of nitrogens with zero attached hydrogens (tertiary/aromatic N) is 5. The number of allylic oxidation sites excluding steroid dienone is 1. The van der Waals surface area contributed by atoms with Crippen molar-refractivity contribution >= 4 is 23.2 Å². The Morgan fingerprint density at radius 3 is 2.47 bits per heavy atom. The molecule has 1 amide bonds. The van der Waals surface area contributed by atoms with Gasteiger partial charge in [-0.2, -0.15) is 4.98 Å². The standard InChI is InChI=1S/C28H29N7O3/c1-17-24(27(36)31-20-7-6-14-29-16-20)25(19-10-13-22(37-4)23(15-19)38-5)35-28(30-17)32-26(33-35)18-8-11-21(12-9-18)34(2)3/h6-16,25H,1-5H3,(H,31,36)(H,30,32,33). The Labute approximate surface area is 220 Å². The van der Waals surface area contributed by atoms with Gasteiger partial charge >= 0.3 is 0 Å². The number of pyridine rings is 1. The van der Waals surface area contributed by atoms with Gasteiger partial charge in [0.15, 0.2) is 17.3 Å². The van der Waals surface area contributed by atoms with Gasteiger partial charge in [-0.05, 0) is 61.0 Å². The second-order valence-electron chi connectivity index (χ2n) is 9.02. The highest BCUT2D eigenvalue weighted by Crippen LogP contribution is 2.40. The summed E-state index contributed by atoms with van der Waals surface area (Å²) in [5.41, 5.74) is 4.49. The van der Waals surface area contributed by atoms with Crippen LogP contribution in [0.2, 0.25) is 0 Å². The molecule has 5 rings (SSSR count). The van der Waals surface area contributed by atoms with Crippen LogP contribution in [0.4, 0.5) is 17.3 Å². The molecular formula is C28H29N7O3. The van der Waals surface area contributed by atoms with Crippen LogP contribution in [0.5, 0.6) is 11.5 Å². The molecule has 0 aliphatic carbocycles. The maximum atomic E-state index is 13.7. The molecule has 4 aromatic rings. The monoisotopic (exact) mass is 511 g/mol. The predicted molar refractivity (Wildman–Crippen MR) is 147 cm³/mol. The molecule has 3 heterocycles. The lowest BCUT2D eigenvalue weighted by Crippen LogP contribution is -2.31. The lowest BCUT2D eigenvalue weighted by molar-refractivity contribution is -0.113. The summed E-state index contributed by atoms with van der Waals surface area (Å²) in [5.74, 6) is 1.94. The Bertz CT molecular complexity index is 1490. The molecule has 2 aromatic carbocycles. The number of anilines is 3. The molecule has 10 heteroatoms. The van der Waals surface area contributed by atoms with Crippen molar-refractivity contribution in [3.63, 3.8) is 0 Å². The lowest BCUT2D eigenvalue weighted by Gasteiger charge is -2.29. The van der Waals surface area contributed by atoms with E-state index in [1.165, 1.54) is 0 Å². The Morgan fingerprint density at radius 1 is 1.05 bits per heavy atom. The molecule has 2 aromatic heterocycles. The van der Waals surface area contributed by atoms with Crippen LogP contribution in [0.25, 0.3) is 11.4 Å². The minimum atomic E-state index is -0.579. The molecule has 38 heavy (non-hydrogen) atoms. The van der Waals surface area contributed by atoms with E-state index >= 15 is 0 Å². The Kier molecular flexibility index (Phi) is 6.69. The van der Waals surface area contributed by atoms with Crippen molar-refractivity contribution in [2.75, 3.05) is 43.8 Å². The van der Waals surface area contributed by atoms with Crippen LogP contribution >= 0.6 is 0 Å². The second-order valence-corrected chi connectivity index (χ2v) is 9.02. The molecule has 0 spiro atoms. The van der Waals surface area contributed by atoms with E-state index in [4.69, 9.17) is 19.6 Å². The lowest BCUT2D eigenvalue weighted by atomic mass is 9.94. The molecule has 0 bridgehead atoms. The van der Waals surface area contributed by atoms with Crippen molar-refractivity contribution in [1.82, 2.24) is 19.7 Å². The van der Waals surface area contributed by atoms with Gasteiger partial charge in [0, 0.05) is 37.2 Å². The van der Waals surface area contributed by atoms with Gasteiger partial charge in [0.1, 0.15) is 6.04 Å². The van der Waals surface area contributed by atoms with Crippen LogP contribution in [-0.2, 0) is 4.79 Å². The summed E-state index contributed by atoms with van der Waals surface area (Å²) in [6.45, 7) is 1.86. The summed E-state index contributed by atoms with van der Waals surface area (Å²) in [6.07, 6.45) is 3.26. The second kappa shape index (κ2) is 10.3. The number of aromatic nitrogens is 4. The van der Waals surface area contributed by atoms with Crippen LogP contribution in [0.15, 0.2) is 78.3 Å². The molecule has 1 atom stereocenters. The van der Waals surface area contributed by atoms with E-state index in [-0.39, 0.29) is 5.91 Å². The number of amides is 1. The van der Waals surface area contributed by atoms with Crippen molar-refractivity contribution in [1.29, 1.82) is 0 Å². The average molecular weight is 512 g/mol. The Balaban J connectivity index is 1.61. The van der Waals surface area contributed by atoms with Crippen LogP contribution < -0.4 is 25.0 Å². The van der Waals surface area contributed by atoms with E-state index in [0.717, 1.165) is 16.8 Å². The van der Waals surface area contributed by atoms with E-state index in [1.807, 2.05) is 68.4 Å². The first-order chi connectivity index (χ1) is 18.4. The fraction of sp³-hybridized carbons (Fsp3) is 0.214. The van der Waals surface area contributed by atoms with Gasteiger partial charge in [0.05, 0.1) is 31.7 Å². The number of ether oxygens (including phenoxy) is 2. The maximum Gasteiger partial charge on any atom is 0.255 e. The molecule has 10 nitrogen and oxygen atoms in total. The fourth-order valence-corrected chi connectivity index (χ4v) is 4.44. The summed E-state index contributed by atoms with van der Waals surface area (Å²) >= 11 is 0. The van der Waals surface area contributed by atoms with Gasteiger partial charge in [0.2, 0.25) is 5.95 Å². The van der Waals surface area contributed by atoms with Crippen molar-refractivity contribution in [2.24, 2.45) is 0 Å². The van der Waals surface area contributed by atoms with Gasteiger partial charge in [-0.3, -0.25) is 9.78 Å². The van der Waals surface area contributed by atoms with E-state index in [0.29, 0.717) is 40.2 Å². The first-order valence-electron chi connectivity index (χ1n) is 12.0. The molecule has 2 N–H and O–H groups in total. The van der Waals surface area contributed by atoms with Gasteiger partial charge in [0.25, 0.3) is 5.91 Å². The third-order valence-corrected chi connectivity index (χ3v) is 6.38. The number of nitrogens with one attached hydrogen (secondary N) is 2. The van der Waals surface area contributed by atoms with E-state index < -0.39 is 6.04 Å². The minimum absolute atomic E-state index is 0.277. The molecule has 1 aliphatic heterocycles. The first-order valence-corrected chi connectivity index (χ1v) is 12.0. The number of fused-ring (bicyclic) bond motifs is 1. The van der Waals surface area contributed by atoms with Gasteiger partial charge < -0.3 is 25.0 Å². The van der Waals surface area contributed by atoms with Crippen molar-refractivity contribution in [3.8, 4) is 22.9 Å². The summed E-state index contributed by atoms with van der Waals surface area (Å²) in [7, 11) is 7.15. The molecule has 0 saturated heterocycles. The molecule has 194 valence electrons. The Hall–Kier alpha value is -4.86. The number of rotatable bonds is 7. The molecule has 0 saturated carbocycles. The maximum absolute atomic E-state index is 13.7. The zero-order chi connectivity index (χ0) is 26.8. The third-order valence-electron chi connectivity index (χ3n) is 6.38. The average Bonchev–Trinajstić information content (AvgIpc) is 3.36. The highest BCUT2D eigenvalue weighted by atomic mass is 16.5. The van der Waals surface area contributed by atoms with Crippen LogP contribution in [0, 0.1) is 0 Å². The first kappa shape index (κ1) is 24.8. The molecule has 0 radical (unpaired) electrons. The van der Waals surface area contributed by atoms with Gasteiger partial charge in [-0.1, -0.05) is 6.07 Å². The van der Waals surface area contributed by atoms with Crippen LogP contribution in [0.1, 0.15) is 18.5 Å². The highest BCUT2D eigenvalue weighted by Gasteiger charge is 2.35. The smallest absolute Gasteiger partial charge is 0.255 e. The van der Waals surface area contributed by atoms with E-state index in [9.17, 15) is 4.79 Å². The molecule has 1 unspecified atom stereocenters. The Morgan fingerprint density at radius 2 is 1.82 bits per heavy atom. The quantitative estimate of drug-likeness (QED) is 0.377. The zero-order valence-electron chi connectivity index (χ0n) is 21.9. The number of hydrogen-bond donors (Lipinski definition) is 2. The van der Waals surface area contributed by atoms with Crippen LogP contribution in [0.3, 0.4) is 0 Å². The SMILES string of the molecule is COc1ccc(C2C(C(=O)Nc3cccnc3)=C(C)Nc3nc(-c4ccc(N(C)C)cc4)nn32)cc1OC. The molecular weight excluding hydrogens is 482 g/mol. The largest absolute Gasteiger partial charge is 0.493 e. The van der Waals surface area contributed by atoms with Crippen molar-refractivity contribution in [2.45, 2.75) is 13.0 Å². The van der Waals surface area contributed by atoms with E-state index in [1.54, 1.807) is 43.4 Å². The number of benzene rings is 2. The number of hydrogen-bond acceptors (Lipinski definition) is 8. The summed E-state index contributed by atoms with van der Waals surface area (Å²) < 4.78 is 12.7. The molecule has 0 fully saturated rings. The molecule has 1 aliphatic rings.